The summed E-state index contributed by atoms with van der Waals surface area (Å²) < 4.78 is 7.01. The van der Waals surface area contributed by atoms with Crippen LogP contribution in [-0.2, 0) is 4.43 Å². The van der Waals surface area contributed by atoms with E-state index in [2.05, 4.69) is 84.5 Å². The number of rotatable bonds is 7. The average Bonchev–Trinajstić information content (AvgIpc) is 3.23. The molecule has 0 saturated carbocycles. The van der Waals surface area contributed by atoms with Crippen LogP contribution in [0.5, 0.6) is 0 Å². The Morgan fingerprint density at radius 3 is 2.25 bits per heavy atom. The third-order valence-corrected chi connectivity index (χ3v) is 9.35. The number of thiazole rings is 1. The molecule has 1 saturated heterocycles. The summed E-state index contributed by atoms with van der Waals surface area (Å²) in [7, 11) is -1.92. The van der Waals surface area contributed by atoms with Crippen molar-refractivity contribution in [2.24, 2.45) is 11.3 Å². The first-order valence-electron chi connectivity index (χ1n) is 11.1. The number of benzene rings is 2. The van der Waals surface area contributed by atoms with E-state index in [0.717, 1.165) is 11.7 Å². The monoisotopic (exact) mass is 465 g/mol. The molecule has 5 nitrogen and oxygen atoms in total. The maximum absolute atomic E-state index is 12.2. The molecule has 1 aromatic heterocycles. The van der Waals surface area contributed by atoms with Crippen LogP contribution in [0.25, 0.3) is 0 Å². The number of carbonyl (C=O) groups is 1. The van der Waals surface area contributed by atoms with Crippen molar-refractivity contribution in [2.75, 3.05) is 18.0 Å². The van der Waals surface area contributed by atoms with E-state index in [1.54, 1.807) is 0 Å². The van der Waals surface area contributed by atoms with Gasteiger partial charge in [0.1, 0.15) is 11.9 Å². The number of carbonyl (C=O) groups excluding carboxylic acids is 1. The van der Waals surface area contributed by atoms with Crippen LogP contribution >= 0.6 is 11.3 Å². The molecule has 1 amide bonds. The first kappa shape index (κ1) is 22.7. The molecule has 7 heteroatoms. The Labute approximate surface area is 196 Å². The van der Waals surface area contributed by atoms with Gasteiger partial charge in [-0.2, -0.15) is 0 Å². The summed E-state index contributed by atoms with van der Waals surface area (Å²) in [4.78, 5) is 19.1. The molecule has 1 N–H and O–H groups in total. The van der Waals surface area contributed by atoms with E-state index < -0.39 is 9.04 Å². The predicted molar refractivity (Wildman–Crippen MR) is 135 cm³/mol. The number of anilines is 1. The minimum atomic E-state index is -1.92. The quantitative estimate of drug-likeness (QED) is 0.544. The molecule has 2 heterocycles. The molecule has 1 aliphatic rings. The number of aromatic nitrogens is 1. The lowest BCUT2D eigenvalue weighted by molar-refractivity contribution is 0.00494. The van der Waals surface area contributed by atoms with E-state index in [9.17, 15) is 4.79 Å². The summed E-state index contributed by atoms with van der Waals surface area (Å²) in [6.45, 7) is 10.2. The minimum absolute atomic E-state index is 0.0692. The Hall–Kier alpha value is -2.48. The minimum Gasteiger partial charge on any atom is -0.391 e. The summed E-state index contributed by atoms with van der Waals surface area (Å²) in [6.07, 6.45) is -0.0692. The van der Waals surface area contributed by atoms with Gasteiger partial charge in [0.15, 0.2) is 5.13 Å². The number of amides is 1. The lowest BCUT2D eigenvalue weighted by Gasteiger charge is -2.54. The fourth-order valence-corrected chi connectivity index (χ4v) is 7.34. The molecule has 32 heavy (non-hydrogen) atoms. The number of hydrogen-bond donors (Lipinski definition) is 1. The summed E-state index contributed by atoms with van der Waals surface area (Å²) in [6, 6.07) is 21.1. The van der Waals surface area contributed by atoms with Gasteiger partial charge in [-0.05, 0) is 22.7 Å². The van der Waals surface area contributed by atoms with Crippen LogP contribution in [-0.4, -0.2) is 39.2 Å². The molecule has 0 aliphatic carbocycles. The van der Waals surface area contributed by atoms with Crippen LogP contribution in [0.2, 0.25) is 0 Å². The third-order valence-electron chi connectivity index (χ3n) is 5.95. The largest absolute Gasteiger partial charge is 0.391 e. The lowest BCUT2D eigenvalue weighted by atomic mass is 9.74. The Morgan fingerprint density at radius 2 is 1.72 bits per heavy atom. The van der Waals surface area contributed by atoms with Crippen molar-refractivity contribution in [3.8, 4) is 0 Å². The van der Waals surface area contributed by atoms with Crippen molar-refractivity contribution >= 4 is 41.8 Å². The Balaban J connectivity index is 1.64. The fourth-order valence-electron chi connectivity index (χ4n) is 4.04. The predicted octanol–water partition coefficient (Wildman–Crippen LogP) is 3.26. The molecule has 1 aliphatic heterocycles. The second-order valence-corrected chi connectivity index (χ2v) is 12.4. The third kappa shape index (κ3) is 4.80. The highest BCUT2D eigenvalue weighted by Gasteiger charge is 2.48. The molecule has 0 radical (unpaired) electrons. The van der Waals surface area contributed by atoms with Gasteiger partial charge < -0.3 is 14.6 Å². The molecule has 3 aromatic rings. The van der Waals surface area contributed by atoms with Gasteiger partial charge in [0.05, 0.1) is 0 Å². The first-order valence-corrected chi connectivity index (χ1v) is 13.6. The van der Waals surface area contributed by atoms with Crippen LogP contribution in [0.1, 0.15) is 38.2 Å². The first-order chi connectivity index (χ1) is 15.4. The van der Waals surface area contributed by atoms with Gasteiger partial charge in [0.25, 0.3) is 5.91 Å². The zero-order valence-electron chi connectivity index (χ0n) is 19.1. The van der Waals surface area contributed by atoms with Crippen LogP contribution in [0, 0.1) is 11.3 Å². The van der Waals surface area contributed by atoms with Crippen molar-refractivity contribution in [2.45, 2.75) is 33.9 Å². The molecule has 2 unspecified atom stereocenters. The highest BCUT2D eigenvalue weighted by Crippen LogP contribution is 2.43. The van der Waals surface area contributed by atoms with Gasteiger partial charge in [0, 0.05) is 24.4 Å². The zero-order chi connectivity index (χ0) is 22.7. The van der Waals surface area contributed by atoms with E-state index in [0.29, 0.717) is 18.2 Å². The smallest absolute Gasteiger partial charge is 0.270 e. The van der Waals surface area contributed by atoms with Crippen LogP contribution in [0.3, 0.4) is 0 Å². The Morgan fingerprint density at radius 1 is 1.12 bits per heavy atom. The maximum Gasteiger partial charge on any atom is 0.270 e. The Bertz CT molecular complexity index is 997. The normalized spacial score (nSPS) is 18.5. The van der Waals surface area contributed by atoms with E-state index in [4.69, 9.17) is 4.43 Å². The van der Waals surface area contributed by atoms with Crippen LogP contribution in [0.4, 0.5) is 5.13 Å². The van der Waals surface area contributed by atoms with Crippen molar-refractivity contribution in [1.29, 1.82) is 0 Å². The highest BCUT2D eigenvalue weighted by molar-refractivity contribution is 7.14. The Kier molecular flexibility index (Phi) is 6.78. The lowest BCUT2D eigenvalue weighted by Crippen LogP contribution is -2.65. The molecular weight excluding hydrogens is 434 g/mol. The van der Waals surface area contributed by atoms with Crippen molar-refractivity contribution in [3.05, 3.63) is 71.7 Å². The van der Waals surface area contributed by atoms with E-state index in [1.165, 1.54) is 21.7 Å². The molecule has 2 atom stereocenters. The van der Waals surface area contributed by atoms with Gasteiger partial charge in [-0.25, -0.2) is 4.98 Å². The van der Waals surface area contributed by atoms with Crippen molar-refractivity contribution < 1.29 is 9.22 Å². The summed E-state index contributed by atoms with van der Waals surface area (Å²) in [5.74, 6) is 0.253. The zero-order valence-corrected chi connectivity index (χ0v) is 21.1. The van der Waals surface area contributed by atoms with Crippen LogP contribution in [0.15, 0.2) is 66.0 Å². The van der Waals surface area contributed by atoms with Gasteiger partial charge in [-0.3, -0.25) is 4.79 Å². The van der Waals surface area contributed by atoms with E-state index in [-0.39, 0.29) is 17.6 Å². The summed E-state index contributed by atoms with van der Waals surface area (Å²) >= 11 is 1.51. The van der Waals surface area contributed by atoms with E-state index in [1.807, 2.05) is 24.4 Å². The van der Waals surface area contributed by atoms with Gasteiger partial charge in [0.2, 0.25) is 9.04 Å². The van der Waals surface area contributed by atoms with Gasteiger partial charge >= 0.3 is 0 Å². The molecule has 0 spiro atoms. The second kappa shape index (κ2) is 9.56. The summed E-state index contributed by atoms with van der Waals surface area (Å²) in [5.41, 5.74) is 0.581. The molecule has 1 fully saturated rings. The number of hydrogen-bond acceptors (Lipinski definition) is 5. The molecular formula is C25H31N3O2SSi. The molecule has 0 bridgehead atoms. The number of nitrogens with one attached hydrogen (secondary N) is 1. The molecule has 2 aromatic carbocycles. The van der Waals surface area contributed by atoms with Gasteiger partial charge in [-0.1, -0.05) is 81.4 Å². The highest BCUT2D eigenvalue weighted by atomic mass is 32.1. The SMILES string of the molecule is CCNC(=O)c1csc(N2CC(C(C)(C)C)C2O[SiH](c2ccccc2)c2ccccc2)n1. The van der Waals surface area contributed by atoms with Crippen LogP contribution < -0.4 is 20.6 Å². The molecule has 4 rings (SSSR count). The second-order valence-electron chi connectivity index (χ2n) is 9.23. The van der Waals surface area contributed by atoms with E-state index >= 15 is 0 Å². The fraction of sp³-hybridized carbons (Fsp3) is 0.360. The molecule has 168 valence electrons. The summed E-state index contributed by atoms with van der Waals surface area (Å²) in [5, 5.41) is 8.05. The van der Waals surface area contributed by atoms with Gasteiger partial charge in [-0.15, -0.1) is 11.3 Å². The number of nitrogens with zero attached hydrogens (tertiary/aromatic N) is 2. The standard InChI is InChI=1S/C25H31N3O2SSi/c1-5-26-22(29)21-17-31-24(27-21)28-16-20(25(2,3)4)23(28)30-32(18-12-8-6-9-13-18)19-14-10-7-11-15-19/h6-15,17,20,23,32H,5,16H2,1-4H3,(H,26,29). The average molecular weight is 466 g/mol. The van der Waals surface area contributed by atoms with Crippen molar-refractivity contribution in [1.82, 2.24) is 10.3 Å². The van der Waals surface area contributed by atoms with Crippen molar-refractivity contribution in [3.63, 3.8) is 0 Å². The maximum atomic E-state index is 12.2. The topological polar surface area (TPSA) is 54.5 Å².